The summed E-state index contributed by atoms with van der Waals surface area (Å²) in [6.07, 6.45) is 1.13. The minimum Gasteiger partial charge on any atom is -0.326 e. The quantitative estimate of drug-likeness (QED) is 0.832. The maximum absolute atomic E-state index is 12.0. The van der Waals surface area contributed by atoms with Gasteiger partial charge in [0.25, 0.3) is 0 Å². The maximum Gasteiger partial charge on any atom is 0.238 e. The van der Waals surface area contributed by atoms with Crippen LogP contribution in [0.15, 0.2) is 24.3 Å². The molecule has 1 aliphatic heterocycles. The van der Waals surface area contributed by atoms with Crippen molar-refractivity contribution in [1.29, 1.82) is 0 Å². The molecule has 0 aromatic heterocycles. The molecular formula is C15H24N4O. The third-order valence-electron chi connectivity index (χ3n) is 3.79. The predicted octanol–water partition coefficient (Wildman–Crippen LogP) is 0.720. The van der Waals surface area contributed by atoms with Gasteiger partial charge >= 0.3 is 0 Å². The molecule has 110 valence electrons. The molecule has 5 heteroatoms. The zero-order valence-electron chi connectivity index (χ0n) is 12.3. The van der Waals surface area contributed by atoms with Crippen LogP contribution in [0.1, 0.15) is 12.0 Å². The standard InChI is InChI=1S/C15H24N4O/c1-18(2)14-6-7-19(10-14)11-15(20)17-13-5-3-4-12(8-13)9-16/h3-5,8,14H,6-7,9-11,16H2,1-2H3,(H,17,20). The van der Waals surface area contributed by atoms with Gasteiger partial charge in [0.2, 0.25) is 5.91 Å². The van der Waals surface area contributed by atoms with Crippen LogP contribution in [-0.2, 0) is 11.3 Å². The van der Waals surface area contributed by atoms with Gasteiger partial charge in [0.1, 0.15) is 0 Å². The zero-order chi connectivity index (χ0) is 14.5. The van der Waals surface area contributed by atoms with Gasteiger partial charge in [-0.15, -0.1) is 0 Å². The fourth-order valence-corrected chi connectivity index (χ4v) is 2.56. The second-order valence-corrected chi connectivity index (χ2v) is 5.59. The second-order valence-electron chi connectivity index (χ2n) is 5.59. The number of anilines is 1. The van der Waals surface area contributed by atoms with E-state index >= 15 is 0 Å². The van der Waals surface area contributed by atoms with Crippen molar-refractivity contribution >= 4 is 11.6 Å². The molecular weight excluding hydrogens is 252 g/mol. The summed E-state index contributed by atoms with van der Waals surface area (Å²) in [5, 5.41) is 2.94. The van der Waals surface area contributed by atoms with E-state index in [1.165, 1.54) is 0 Å². The van der Waals surface area contributed by atoms with Gasteiger partial charge in [-0.25, -0.2) is 0 Å². The van der Waals surface area contributed by atoms with E-state index in [2.05, 4.69) is 29.2 Å². The van der Waals surface area contributed by atoms with Crippen molar-refractivity contribution in [3.05, 3.63) is 29.8 Å². The maximum atomic E-state index is 12.0. The third kappa shape index (κ3) is 4.03. The van der Waals surface area contributed by atoms with Crippen molar-refractivity contribution in [3.8, 4) is 0 Å². The Morgan fingerprint density at radius 1 is 1.50 bits per heavy atom. The minimum absolute atomic E-state index is 0.0403. The van der Waals surface area contributed by atoms with Gasteiger partial charge in [-0.2, -0.15) is 0 Å². The molecule has 1 heterocycles. The number of hydrogen-bond donors (Lipinski definition) is 2. The van der Waals surface area contributed by atoms with Crippen molar-refractivity contribution in [3.63, 3.8) is 0 Å². The molecule has 0 bridgehead atoms. The Hall–Kier alpha value is -1.43. The van der Waals surface area contributed by atoms with E-state index in [0.717, 1.165) is 30.8 Å². The van der Waals surface area contributed by atoms with Gasteiger partial charge in [-0.3, -0.25) is 9.69 Å². The van der Waals surface area contributed by atoms with Gasteiger partial charge in [-0.1, -0.05) is 12.1 Å². The number of carbonyl (C=O) groups excluding carboxylic acids is 1. The minimum atomic E-state index is 0.0403. The van der Waals surface area contributed by atoms with Crippen LogP contribution in [0.3, 0.4) is 0 Å². The average molecular weight is 276 g/mol. The number of nitrogens with zero attached hydrogens (tertiary/aromatic N) is 2. The van der Waals surface area contributed by atoms with Crippen molar-refractivity contribution < 1.29 is 4.79 Å². The molecule has 1 fully saturated rings. The van der Waals surface area contributed by atoms with Gasteiger partial charge in [-0.05, 0) is 38.2 Å². The Morgan fingerprint density at radius 3 is 2.95 bits per heavy atom. The molecule has 1 aromatic rings. The molecule has 1 aliphatic rings. The zero-order valence-corrected chi connectivity index (χ0v) is 12.3. The summed E-state index contributed by atoms with van der Waals surface area (Å²) >= 11 is 0. The molecule has 20 heavy (non-hydrogen) atoms. The normalized spacial score (nSPS) is 19.5. The van der Waals surface area contributed by atoms with Crippen LogP contribution in [-0.4, -0.2) is 55.5 Å². The molecule has 0 aliphatic carbocycles. The summed E-state index contributed by atoms with van der Waals surface area (Å²) in [6.45, 7) is 2.89. The Balaban J connectivity index is 1.84. The molecule has 3 N–H and O–H groups in total. The number of hydrogen-bond acceptors (Lipinski definition) is 4. The first-order valence-corrected chi connectivity index (χ1v) is 7.06. The van der Waals surface area contributed by atoms with Crippen molar-refractivity contribution in [2.24, 2.45) is 5.73 Å². The van der Waals surface area contributed by atoms with Crippen LogP contribution < -0.4 is 11.1 Å². The molecule has 0 saturated carbocycles. The molecule has 1 unspecified atom stereocenters. The Labute approximate surface area is 120 Å². The second kappa shape index (κ2) is 6.83. The van der Waals surface area contributed by atoms with Crippen molar-refractivity contribution in [1.82, 2.24) is 9.80 Å². The highest BCUT2D eigenvalue weighted by Crippen LogP contribution is 2.14. The fourth-order valence-electron chi connectivity index (χ4n) is 2.56. The molecule has 0 radical (unpaired) electrons. The van der Waals surface area contributed by atoms with E-state index in [9.17, 15) is 4.79 Å². The van der Waals surface area contributed by atoms with E-state index in [1.807, 2.05) is 24.3 Å². The number of carbonyl (C=O) groups is 1. The number of nitrogens with one attached hydrogen (secondary N) is 1. The summed E-state index contributed by atoms with van der Waals surface area (Å²) in [6, 6.07) is 8.24. The third-order valence-corrected chi connectivity index (χ3v) is 3.79. The van der Waals surface area contributed by atoms with Gasteiger partial charge < -0.3 is 16.0 Å². The molecule has 5 nitrogen and oxygen atoms in total. The molecule has 1 amide bonds. The summed E-state index contributed by atoms with van der Waals surface area (Å²) < 4.78 is 0. The van der Waals surface area contributed by atoms with Crippen LogP contribution >= 0.6 is 0 Å². The van der Waals surface area contributed by atoms with Crippen LogP contribution in [0, 0.1) is 0 Å². The number of amides is 1. The Kier molecular flexibility index (Phi) is 5.11. The number of likely N-dealkylation sites (tertiary alicyclic amines) is 1. The first-order valence-electron chi connectivity index (χ1n) is 7.06. The molecule has 2 rings (SSSR count). The van der Waals surface area contributed by atoms with E-state index in [-0.39, 0.29) is 5.91 Å². The lowest BCUT2D eigenvalue weighted by Crippen LogP contribution is -2.35. The monoisotopic (exact) mass is 276 g/mol. The SMILES string of the molecule is CN(C)C1CCN(CC(=O)Nc2cccc(CN)c2)C1. The van der Waals surface area contributed by atoms with E-state index < -0.39 is 0 Å². The van der Waals surface area contributed by atoms with Crippen LogP contribution in [0.2, 0.25) is 0 Å². The average Bonchev–Trinajstić information content (AvgIpc) is 2.87. The number of rotatable bonds is 5. The van der Waals surface area contributed by atoms with Crippen LogP contribution in [0.25, 0.3) is 0 Å². The van der Waals surface area contributed by atoms with Crippen molar-refractivity contribution in [2.45, 2.75) is 19.0 Å². The summed E-state index contributed by atoms with van der Waals surface area (Å²) in [5.41, 5.74) is 7.44. The number of likely N-dealkylation sites (N-methyl/N-ethyl adjacent to an activating group) is 1. The summed E-state index contributed by atoms with van der Waals surface area (Å²) in [7, 11) is 4.18. The highest BCUT2D eigenvalue weighted by molar-refractivity contribution is 5.92. The van der Waals surface area contributed by atoms with Gasteiger partial charge in [0.05, 0.1) is 6.54 Å². The first kappa shape index (κ1) is 15.0. The fraction of sp³-hybridized carbons (Fsp3) is 0.533. The molecule has 1 aromatic carbocycles. The molecule has 0 spiro atoms. The van der Waals surface area contributed by atoms with E-state index in [1.54, 1.807) is 0 Å². The first-order chi connectivity index (χ1) is 9.58. The lowest BCUT2D eigenvalue weighted by atomic mass is 10.2. The molecule has 1 saturated heterocycles. The Morgan fingerprint density at radius 2 is 2.30 bits per heavy atom. The van der Waals surface area contributed by atoms with Crippen LogP contribution in [0.4, 0.5) is 5.69 Å². The van der Waals surface area contributed by atoms with Crippen LogP contribution in [0.5, 0.6) is 0 Å². The van der Waals surface area contributed by atoms with Gasteiger partial charge in [0, 0.05) is 31.4 Å². The predicted molar refractivity (Wildman–Crippen MR) is 81.5 cm³/mol. The lowest BCUT2D eigenvalue weighted by molar-refractivity contribution is -0.117. The highest BCUT2D eigenvalue weighted by atomic mass is 16.2. The van der Waals surface area contributed by atoms with E-state index in [4.69, 9.17) is 5.73 Å². The van der Waals surface area contributed by atoms with Crippen molar-refractivity contribution in [2.75, 3.05) is 39.0 Å². The summed E-state index contributed by atoms with van der Waals surface area (Å²) in [4.78, 5) is 16.5. The topological polar surface area (TPSA) is 61.6 Å². The number of benzene rings is 1. The lowest BCUT2D eigenvalue weighted by Gasteiger charge is -2.20. The summed E-state index contributed by atoms with van der Waals surface area (Å²) in [5.74, 6) is 0.0403. The largest absolute Gasteiger partial charge is 0.326 e. The Bertz CT molecular complexity index is 461. The highest BCUT2D eigenvalue weighted by Gasteiger charge is 2.25. The smallest absolute Gasteiger partial charge is 0.238 e. The van der Waals surface area contributed by atoms with E-state index in [0.29, 0.717) is 19.1 Å². The molecule has 1 atom stereocenters. The number of nitrogens with two attached hydrogens (primary N) is 1. The van der Waals surface area contributed by atoms with Gasteiger partial charge in [0.15, 0.2) is 0 Å².